The number of thiophene rings is 1. The lowest BCUT2D eigenvalue weighted by atomic mass is 10.0. The van der Waals surface area contributed by atoms with Gasteiger partial charge in [-0.05, 0) is 24.6 Å². The van der Waals surface area contributed by atoms with Gasteiger partial charge in [0.25, 0.3) is 0 Å². The van der Waals surface area contributed by atoms with Crippen LogP contribution in [0.25, 0.3) is 11.1 Å². The monoisotopic (exact) mass is 282 g/mol. The second-order valence-corrected chi connectivity index (χ2v) is 5.58. The van der Waals surface area contributed by atoms with Crippen LogP contribution < -0.4 is 5.73 Å². The summed E-state index contributed by atoms with van der Waals surface area (Å²) in [7, 11) is 0. The van der Waals surface area contributed by atoms with Crippen molar-refractivity contribution in [2.24, 2.45) is 0 Å². The first-order valence-corrected chi connectivity index (χ1v) is 6.36. The van der Waals surface area contributed by atoms with Gasteiger partial charge in [-0.1, -0.05) is 29.3 Å². The van der Waals surface area contributed by atoms with Crippen molar-refractivity contribution >= 4 is 39.5 Å². The highest BCUT2D eigenvalue weighted by atomic mass is 35.5. The van der Waals surface area contributed by atoms with Crippen molar-refractivity contribution < 1.29 is 0 Å². The zero-order valence-corrected chi connectivity index (χ0v) is 11.2. The fraction of sp³-hybridized carbons (Fsp3) is 0.0833. The number of halogens is 2. The van der Waals surface area contributed by atoms with Crippen molar-refractivity contribution in [1.29, 1.82) is 5.26 Å². The van der Waals surface area contributed by atoms with E-state index in [-0.39, 0.29) is 0 Å². The maximum atomic E-state index is 9.12. The summed E-state index contributed by atoms with van der Waals surface area (Å²) in [5.74, 6) is 0. The number of anilines is 1. The number of rotatable bonds is 1. The Bertz CT molecular complexity index is 626. The summed E-state index contributed by atoms with van der Waals surface area (Å²) in [6.45, 7) is 1.93. The van der Waals surface area contributed by atoms with E-state index in [9.17, 15) is 0 Å². The minimum absolute atomic E-state index is 0.470. The van der Waals surface area contributed by atoms with Gasteiger partial charge in [0.05, 0.1) is 15.6 Å². The van der Waals surface area contributed by atoms with Crippen LogP contribution in [-0.2, 0) is 0 Å². The van der Waals surface area contributed by atoms with Gasteiger partial charge in [0.2, 0.25) is 0 Å². The molecule has 0 saturated carbocycles. The highest BCUT2D eigenvalue weighted by Crippen LogP contribution is 2.39. The van der Waals surface area contributed by atoms with Crippen LogP contribution in [0, 0.1) is 18.3 Å². The lowest BCUT2D eigenvalue weighted by molar-refractivity contribution is 1.49. The molecule has 0 radical (unpaired) electrons. The van der Waals surface area contributed by atoms with Crippen LogP contribution in [0.1, 0.15) is 10.4 Å². The molecule has 0 atom stereocenters. The van der Waals surface area contributed by atoms with Crippen LogP contribution in [0.4, 0.5) is 5.00 Å². The molecular weight excluding hydrogens is 275 g/mol. The van der Waals surface area contributed by atoms with E-state index in [0.717, 1.165) is 16.0 Å². The maximum Gasteiger partial charge on any atom is 0.105 e. The van der Waals surface area contributed by atoms with E-state index in [1.807, 2.05) is 13.0 Å². The highest BCUT2D eigenvalue weighted by Gasteiger charge is 2.15. The molecule has 0 saturated heterocycles. The van der Waals surface area contributed by atoms with Crippen molar-refractivity contribution in [3.05, 3.63) is 38.7 Å². The summed E-state index contributed by atoms with van der Waals surface area (Å²) in [6, 6.07) is 7.43. The summed E-state index contributed by atoms with van der Waals surface area (Å²) < 4.78 is 0. The third-order valence-corrected chi connectivity index (χ3v) is 4.10. The van der Waals surface area contributed by atoms with Gasteiger partial charge in [0.1, 0.15) is 11.1 Å². The molecule has 0 bridgehead atoms. The molecule has 0 unspecified atom stereocenters. The molecule has 0 amide bonds. The number of hydrogen-bond acceptors (Lipinski definition) is 3. The molecule has 1 aromatic carbocycles. The first-order chi connectivity index (χ1) is 8.04. The first-order valence-electron chi connectivity index (χ1n) is 4.79. The van der Waals surface area contributed by atoms with Crippen molar-refractivity contribution in [3.63, 3.8) is 0 Å². The molecule has 17 heavy (non-hydrogen) atoms. The van der Waals surface area contributed by atoms with E-state index in [0.29, 0.717) is 20.6 Å². The molecule has 0 spiro atoms. The van der Waals surface area contributed by atoms with Crippen molar-refractivity contribution in [3.8, 4) is 17.2 Å². The molecule has 0 aliphatic rings. The van der Waals surface area contributed by atoms with Crippen molar-refractivity contribution in [2.75, 3.05) is 5.73 Å². The van der Waals surface area contributed by atoms with E-state index >= 15 is 0 Å². The minimum atomic E-state index is 0.470. The van der Waals surface area contributed by atoms with E-state index in [1.165, 1.54) is 11.3 Å². The van der Waals surface area contributed by atoms with Gasteiger partial charge in [-0.15, -0.1) is 11.3 Å². The van der Waals surface area contributed by atoms with E-state index in [2.05, 4.69) is 6.07 Å². The number of nitrogens with zero attached hydrogens (tertiary/aromatic N) is 1. The van der Waals surface area contributed by atoms with Gasteiger partial charge < -0.3 is 5.73 Å². The molecule has 2 rings (SSSR count). The van der Waals surface area contributed by atoms with Crippen LogP contribution >= 0.6 is 34.5 Å². The molecule has 0 aliphatic carbocycles. The average molecular weight is 283 g/mol. The largest absolute Gasteiger partial charge is 0.389 e. The van der Waals surface area contributed by atoms with E-state index < -0.39 is 0 Å². The van der Waals surface area contributed by atoms with Crippen molar-refractivity contribution in [1.82, 2.24) is 0 Å². The number of nitrogen functional groups attached to an aromatic ring is 1. The van der Waals surface area contributed by atoms with Crippen LogP contribution in [0.3, 0.4) is 0 Å². The van der Waals surface area contributed by atoms with Gasteiger partial charge in [-0.2, -0.15) is 5.26 Å². The Hall–Kier alpha value is -1.21. The standard InChI is InChI=1S/C12H8Cl2N2S/c1-6-11(8(5-15)12(16)17-6)7-2-3-9(13)10(14)4-7/h2-4H,16H2,1H3. The minimum Gasteiger partial charge on any atom is -0.389 e. The molecule has 5 heteroatoms. The van der Waals surface area contributed by atoms with Gasteiger partial charge in [0.15, 0.2) is 0 Å². The molecule has 0 fully saturated rings. The molecule has 86 valence electrons. The number of nitriles is 1. The number of aryl methyl sites for hydroxylation is 1. The Kier molecular flexibility index (Phi) is 3.30. The molecular formula is C12H8Cl2N2S. The number of benzene rings is 1. The third-order valence-electron chi connectivity index (χ3n) is 2.43. The Morgan fingerprint density at radius 2 is 2.00 bits per heavy atom. The Morgan fingerprint density at radius 3 is 2.59 bits per heavy atom. The summed E-state index contributed by atoms with van der Waals surface area (Å²) in [5, 5.41) is 10.6. The predicted molar refractivity (Wildman–Crippen MR) is 73.6 cm³/mol. The Labute approximate surface area is 113 Å². The predicted octanol–water partition coefficient (Wildman–Crippen LogP) is 4.48. The molecule has 2 nitrogen and oxygen atoms in total. The van der Waals surface area contributed by atoms with Gasteiger partial charge >= 0.3 is 0 Å². The number of nitrogens with two attached hydrogens (primary N) is 1. The summed E-state index contributed by atoms with van der Waals surface area (Å²) >= 11 is 13.2. The first kappa shape index (κ1) is 12.3. The third kappa shape index (κ3) is 2.12. The Balaban J connectivity index is 2.69. The molecule has 0 aliphatic heterocycles. The zero-order chi connectivity index (χ0) is 12.6. The second kappa shape index (κ2) is 4.58. The van der Waals surface area contributed by atoms with Gasteiger partial charge in [0, 0.05) is 10.4 Å². The summed E-state index contributed by atoms with van der Waals surface area (Å²) in [4.78, 5) is 0.998. The molecule has 2 aromatic rings. The van der Waals surface area contributed by atoms with Crippen LogP contribution in [0.5, 0.6) is 0 Å². The van der Waals surface area contributed by atoms with Crippen LogP contribution in [0.15, 0.2) is 18.2 Å². The zero-order valence-electron chi connectivity index (χ0n) is 8.92. The fourth-order valence-corrected chi connectivity index (χ4v) is 2.88. The van der Waals surface area contributed by atoms with Crippen molar-refractivity contribution in [2.45, 2.75) is 6.92 Å². The quantitative estimate of drug-likeness (QED) is 0.838. The lowest BCUT2D eigenvalue weighted by Gasteiger charge is -2.03. The van der Waals surface area contributed by atoms with Crippen LogP contribution in [0.2, 0.25) is 10.0 Å². The van der Waals surface area contributed by atoms with Crippen LogP contribution in [-0.4, -0.2) is 0 Å². The molecule has 1 aromatic heterocycles. The summed E-state index contributed by atoms with van der Waals surface area (Å²) in [5.41, 5.74) is 8.00. The Morgan fingerprint density at radius 1 is 1.29 bits per heavy atom. The van der Waals surface area contributed by atoms with E-state index in [1.54, 1.807) is 12.1 Å². The molecule has 1 heterocycles. The maximum absolute atomic E-state index is 9.12. The lowest BCUT2D eigenvalue weighted by Crippen LogP contribution is -1.86. The average Bonchev–Trinajstić information content (AvgIpc) is 2.57. The summed E-state index contributed by atoms with van der Waals surface area (Å²) in [6.07, 6.45) is 0. The molecule has 2 N–H and O–H groups in total. The normalized spacial score (nSPS) is 10.2. The number of hydrogen-bond donors (Lipinski definition) is 1. The second-order valence-electron chi connectivity index (χ2n) is 3.51. The smallest absolute Gasteiger partial charge is 0.105 e. The fourth-order valence-electron chi connectivity index (χ4n) is 1.68. The van der Waals surface area contributed by atoms with Gasteiger partial charge in [-0.25, -0.2) is 0 Å². The highest BCUT2D eigenvalue weighted by molar-refractivity contribution is 7.16. The SMILES string of the molecule is Cc1sc(N)c(C#N)c1-c1ccc(Cl)c(Cl)c1. The topological polar surface area (TPSA) is 49.8 Å². The van der Waals surface area contributed by atoms with Gasteiger partial charge in [-0.3, -0.25) is 0 Å². The van der Waals surface area contributed by atoms with E-state index in [4.69, 9.17) is 34.2 Å².